The monoisotopic (exact) mass is 651 g/mol. The van der Waals surface area contributed by atoms with Crippen molar-refractivity contribution in [3.8, 4) is 56.3 Å². The van der Waals surface area contributed by atoms with E-state index in [1.165, 1.54) is 0 Å². The first-order chi connectivity index (χ1) is 25.3. The highest BCUT2D eigenvalue weighted by atomic mass is 16.3. The molecule has 0 bridgehead atoms. The van der Waals surface area contributed by atoms with Crippen molar-refractivity contribution in [1.82, 2.24) is 15.0 Å². The molecule has 0 atom stereocenters. The summed E-state index contributed by atoms with van der Waals surface area (Å²) in [6.07, 6.45) is 0. The van der Waals surface area contributed by atoms with Gasteiger partial charge >= 0.3 is 0 Å². The molecule has 4 nitrogen and oxygen atoms in total. The van der Waals surface area contributed by atoms with E-state index < -0.39 is 0 Å². The molecular weight excluding hydrogens is 623 g/mol. The van der Waals surface area contributed by atoms with Crippen LogP contribution in [0.5, 0.6) is 0 Å². The van der Waals surface area contributed by atoms with Gasteiger partial charge in [0.2, 0.25) is 0 Å². The fraction of sp³-hybridized carbons (Fsp3) is 0. The van der Waals surface area contributed by atoms with Gasteiger partial charge in [0.1, 0.15) is 11.2 Å². The van der Waals surface area contributed by atoms with Crippen LogP contribution in [0.1, 0.15) is 0 Å². The zero-order chi connectivity index (χ0) is 33.7. The normalized spacial score (nSPS) is 11.5. The molecule has 0 fully saturated rings. The van der Waals surface area contributed by atoms with Crippen LogP contribution in [-0.4, -0.2) is 15.0 Å². The topological polar surface area (TPSA) is 51.8 Å². The lowest BCUT2D eigenvalue weighted by molar-refractivity contribution is 0.670. The minimum absolute atomic E-state index is 0.702. The van der Waals surface area contributed by atoms with Crippen LogP contribution in [0.3, 0.4) is 0 Å². The van der Waals surface area contributed by atoms with Gasteiger partial charge in [0.05, 0.1) is 22.6 Å². The van der Waals surface area contributed by atoms with E-state index >= 15 is 0 Å². The van der Waals surface area contributed by atoms with E-state index in [2.05, 4.69) is 133 Å². The van der Waals surface area contributed by atoms with Crippen LogP contribution in [0.15, 0.2) is 180 Å². The van der Waals surface area contributed by atoms with Gasteiger partial charge in [0, 0.05) is 54.7 Å². The molecule has 0 aliphatic rings. The molecule has 3 aromatic heterocycles. The summed E-state index contributed by atoms with van der Waals surface area (Å²) in [7, 11) is 0. The van der Waals surface area contributed by atoms with Gasteiger partial charge in [-0.1, -0.05) is 152 Å². The summed E-state index contributed by atoms with van der Waals surface area (Å²) in [6.45, 7) is 0. The highest BCUT2D eigenvalue weighted by molar-refractivity contribution is 6.29. The maximum atomic E-state index is 6.74. The number of fused-ring (bicyclic) bond motifs is 7. The Hall–Kier alpha value is -6.91. The third-order valence-electron chi connectivity index (χ3n) is 9.69. The number of furan rings is 1. The Kier molecular flexibility index (Phi) is 6.78. The lowest BCUT2D eigenvalue weighted by Gasteiger charge is -2.11. The van der Waals surface area contributed by atoms with E-state index in [1.54, 1.807) is 0 Å². The molecule has 4 heteroatoms. The number of rotatable bonds is 5. The van der Waals surface area contributed by atoms with Crippen molar-refractivity contribution in [2.24, 2.45) is 0 Å². The van der Waals surface area contributed by atoms with Crippen molar-refractivity contribution in [1.29, 1.82) is 0 Å². The van der Waals surface area contributed by atoms with Crippen LogP contribution in [0.2, 0.25) is 0 Å². The SMILES string of the molecule is c1ccc(-c2cc(-c3ccc(-c4cccc5c4oc4ccc6c(-c7ccccc7)nc7ccccc7c6c45)cc3)nc(-c3ccccc3)n2)cc1. The molecule has 0 N–H and O–H groups in total. The van der Waals surface area contributed by atoms with Crippen molar-refractivity contribution in [3.05, 3.63) is 176 Å². The standard InChI is InChI=1S/C47H29N3O/c1-4-13-31(14-5-1)40-29-41(50-47(49-40)34-17-8-3-9-18-34)32-25-23-30(24-26-32)35-20-12-21-38-44-42(51-46(35)38)28-27-37-43(44)36-19-10-11-22-39(36)48-45(37)33-15-6-2-7-16-33/h1-29H. The summed E-state index contributed by atoms with van der Waals surface area (Å²) in [6, 6.07) is 60.6. The smallest absolute Gasteiger partial charge is 0.160 e. The Morgan fingerprint density at radius 1 is 0.373 bits per heavy atom. The molecule has 7 aromatic carbocycles. The zero-order valence-corrected chi connectivity index (χ0v) is 27.5. The van der Waals surface area contributed by atoms with Crippen molar-refractivity contribution in [2.75, 3.05) is 0 Å². The van der Waals surface area contributed by atoms with Gasteiger partial charge < -0.3 is 4.42 Å². The molecule has 0 amide bonds. The van der Waals surface area contributed by atoms with Crippen molar-refractivity contribution < 1.29 is 4.42 Å². The maximum Gasteiger partial charge on any atom is 0.160 e. The second-order valence-corrected chi connectivity index (χ2v) is 12.8. The highest BCUT2D eigenvalue weighted by Gasteiger charge is 2.19. The van der Waals surface area contributed by atoms with Crippen molar-refractivity contribution in [2.45, 2.75) is 0 Å². The Bertz CT molecular complexity index is 2820. The third-order valence-corrected chi connectivity index (χ3v) is 9.69. The fourth-order valence-electron chi connectivity index (χ4n) is 7.26. The van der Waals surface area contributed by atoms with Crippen LogP contribution in [0.4, 0.5) is 0 Å². The van der Waals surface area contributed by atoms with Crippen LogP contribution < -0.4 is 0 Å². The Morgan fingerprint density at radius 3 is 1.69 bits per heavy atom. The lowest BCUT2D eigenvalue weighted by Crippen LogP contribution is -1.95. The number of hydrogen-bond donors (Lipinski definition) is 0. The summed E-state index contributed by atoms with van der Waals surface area (Å²) >= 11 is 0. The number of nitrogens with zero attached hydrogens (tertiary/aromatic N) is 3. The molecule has 238 valence electrons. The van der Waals surface area contributed by atoms with Gasteiger partial charge in [-0.15, -0.1) is 0 Å². The average molecular weight is 652 g/mol. The molecule has 0 unspecified atom stereocenters. The quantitative estimate of drug-likeness (QED) is 0.174. The largest absolute Gasteiger partial charge is 0.455 e. The van der Waals surface area contributed by atoms with E-state index in [0.29, 0.717) is 5.82 Å². The molecule has 0 radical (unpaired) electrons. The molecule has 0 saturated heterocycles. The molecule has 0 aliphatic heterocycles. The predicted octanol–water partition coefficient (Wildman–Crippen LogP) is 12.4. The van der Waals surface area contributed by atoms with Crippen molar-refractivity contribution >= 4 is 43.6 Å². The van der Waals surface area contributed by atoms with Crippen LogP contribution in [-0.2, 0) is 0 Å². The average Bonchev–Trinajstić information content (AvgIpc) is 3.61. The number of benzene rings is 7. The Morgan fingerprint density at radius 2 is 0.961 bits per heavy atom. The molecule has 3 heterocycles. The number of aromatic nitrogens is 3. The van der Waals surface area contributed by atoms with Gasteiger partial charge in [0.15, 0.2) is 5.82 Å². The summed E-state index contributed by atoms with van der Waals surface area (Å²) in [5.74, 6) is 0.702. The molecule has 0 spiro atoms. The van der Waals surface area contributed by atoms with E-state index in [-0.39, 0.29) is 0 Å². The second-order valence-electron chi connectivity index (χ2n) is 12.8. The first-order valence-corrected chi connectivity index (χ1v) is 17.1. The maximum absolute atomic E-state index is 6.74. The molecular formula is C47H29N3O. The molecule has 51 heavy (non-hydrogen) atoms. The minimum Gasteiger partial charge on any atom is -0.455 e. The van der Waals surface area contributed by atoms with E-state index in [1.807, 2.05) is 42.5 Å². The van der Waals surface area contributed by atoms with E-state index in [0.717, 1.165) is 94.1 Å². The lowest BCUT2D eigenvalue weighted by atomic mass is 9.95. The molecule has 0 saturated carbocycles. The van der Waals surface area contributed by atoms with Crippen LogP contribution in [0.25, 0.3) is 99.9 Å². The molecule has 10 rings (SSSR count). The summed E-state index contributed by atoms with van der Waals surface area (Å²) in [5, 5.41) is 5.59. The minimum atomic E-state index is 0.702. The molecule has 0 aliphatic carbocycles. The second kappa shape index (κ2) is 11.9. The van der Waals surface area contributed by atoms with Gasteiger partial charge in [-0.25, -0.2) is 15.0 Å². The first-order valence-electron chi connectivity index (χ1n) is 17.1. The summed E-state index contributed by atoms with van der Waals surface area (Å²) in [4.78, 5) is 15.1. The van der Waals surface area contributed by atoms with Crippen LogP contribution in [0, 0.1) is 0 Å². The zero-order valence-electron chi connectivity index (χ0n) is 27.5. The van der Waals surface area contributed by atoms with Gasteiger partial charge in [-0.3, -0.25) is 0 Å². The number of para-hydroxylation sites is 2. The third kappa shape index (κ3) is 4.96. The fourth-order valence-corrected chi connectivity index (χ4v) is 7.26. The number of pyridine rings is 1. The van der Waals surface area contributed by atoms with Gasteiger partial charge in [-0.2, -0.15) is 0 Å². The van der Waals surface area contributed by atoms with Crippen LogP contribution >= 0.6 is 0 Å². The highest BCUT2D eigenvalue weighted by Crippen LogP contribution is 2.43. The van der Waals surface area contributed by atoms with Crippen molar-refractivity contribution in [3.63, 3.8) is 0 Å². The summed E-state index contributed by atoms with van der Waals surface area (Å²) < 4.78 is 6.74. The Labute approximate surface area is 294 Å². The number of hydrogen-bond acceptors (Lipinski definition) is 4. The van der Waals surface area contributed by atoms with Gasteiger partial charge in [-0.05, 0) is 29.8 Å². The molecule has 10 aromatic rings. The predicted molar refractivity (Wildman–Crippen MR) is 209 cm³/mol. The van der Waals surface area contributed by atoms with Gasteiger partial charge in [0.25, 0.3) is 0 Å². The summed E-state index contributed by atoms with van der Waals surface area (Å²) in [5.41, 5.74) is 11.7. The first kappa shape index (κ1) is 29.0. The Balaban J connectivity index is 1.12. The van der Waals surface area contributed by atoms with E-state index in [9.17, 15) is 0 Å². The van der Waals surface area contributed by atoms with E-state index in [4.69, 9.17) is 19.4 Å².